The van der Waals surface area contributed by atoms with Crippen LogP contribution in [0, 0.1) is 0 Å². The lowest BCUT2D eigenvalue weighted by Gasteiger charge is -2.23. The molecule has 3 aliphatic rings. The predicted octanol–water partition coefficient (Wildman–Crippen LogP) is -0.345. The van der Waals surface area contributed by atoms with E-state index in [0.717, 1.165) is 17.2 Å². The Morgan fingerprint density at radius 3 is 2.26 bits per heavy atom. The number of aromatic amines is 1. The minimum Gasteiger partial charge on any atom is -0.382 e. The third-order valence-corrected chi connectivity index (χ3v) is 9.46. The fourth-order valence-corrected chi connectivity index (χ4v) is 7.14. The molecule has 0 saturated carbocycles. The molecule has 46 heavy (non-hydrogen) atoms. The first-order valence-corrected chi connectivity index (χ1v) is 16.6. The molecule has 4 aromatic rings. The van der Waals surface area contributed by atoms with E-state index in [9.17, 15) is 23.7 Å². The molecule has 7 heterocycles. The Kier molecular flexibility index (Phi) is 7.67. The van der Waals surface area contributed by atoms with Crippen LogP contribution in [0.1, 0.15) is 12.5 Å². The summed E-state index contributed by atoms with van der Waals surface area (Å²) in [6, 6.07) is 0. The van der Waals surface area contributed by atoms with Gasteiger partial charge in [0.1, 0.15) is 42.6 Å². The van der Waals surface area contributed by atoms with Gasteiger partial charge in [0.05, 0.1) is 25.9 Å². The largest absolute Gasteiger partial charge is 0.472 e. The molecule has 3 aliphatic heterocycles. The summed E-state index contributed by atoms with van der Waals surface area (Å²) >= 11 is 0. The highest BCUT2D eigenvalue weighted by atomic mass is 31.2. The number of phosphoric acid groups is 1. The lowest BCUT2D eigenvalue weighted by Crippen LogP contribution is -2.35. The van der Waals surface area contributed by atoms with Crippen LogP contribution in [0.15, 0.2) is 23.8 Å². The zero-order valence-corrected chi connectivity index (χ0v) is 24.8. The van der Waals surface area contributed by atoms with Crippen molar-refractivity contribution in [1.29, 1.82) is 0 Å². The second-order valence-electron chi connectivity index (χ2n) is 10.4. The van der Waals surface area contributed by atoms with E-state index in [1.807, 2.05) is 0 Å². The van der Waals surface area contributed by atoms with Crippen LogP contribution < -0.4 is 17.0 Å². The minimum atomic E-state index is -5.19. The molecule has 7 N–H and O–H groups in total. The number of H-pyrrole nitrogens is 1. The van der Waals surface area contributed by atoms with Gasteiger partial charge >= 0.3 is 15.4 Å². The maximum absolute atomic E-state index is 15.9. The Morgan fingerprint density at radius 2 is 1.52 bits per heavy atom. The lowest BCUT2D eigenvalue weighted by atomic mass is 10.1. The standard InChI is InChI=1S/C21H24F2N10O11P2/c22-9-13-7(42-19(9)32-4-28-11-15(24)26-3-27-16(11)32)2-41-46(37,38)44-14-8(1-40-45(35,36)6-39-13)43-20(10(14)23)33-5-29-12-17(33)30-21(25)31-18(12)34/h3-5,7-10,13-14,19-20H,1-2,6H2,(H,35,36)(H,37,38)(H2,24,26,27)(H3,25,30,31,34)/t7-,8-,9+,10+,13?,14?,19-,20-/m1/s1. The van der Waals surface area contributed by atoms with E-state index in [-0.39, 0.29) is 34.1 Å². The molecular weight excluding hydrogens is 668 g/mol. The number of ether oxygens (including phenoxy) is 3. The van der Waals surface area contributed by atoms with Gasteiger partial charge in [-0.1, -0.05) is 0 Å². The van der Waals surface area contributed by atoms with Crippen molar-refractivity contribution in [3.8, 4) is 0 Å². The Morgan fingerprint density at radius 1 is 0.891 bits per heavy atom. The number of nitrogens with zero attached hydrogens (tertiary/aromatic N) is 7. The number of anilines is 2. The quantitative estimate of drug-likeness (QED) is 0.168. The molecule has 0 amide bonds. The number of fused-ring (bicyclic) bond motifs is 4. The van der Waals surface area contributed by atoms with Gasteiger partial charge in [-0.2, -0.15) is 4.98 Å². The molecule has 7 rings (SSSR count). The number of nitrogens with one attached hydrogen (secondary N) is 1. The second kappa shape index (κ2) is 11.3. The normalized spacial score (nSPS) is 37.4. The molecule has 3 fully saturated rings. The third kappa shape index (κ3) is 5.47. The van der Waals surface area contributed by atoms with E-state index in [4.69, 9.17) is 39.2 Å². The van der Waals surface area contributed by atoms with Crippen LogP contribution in [-0.2, 0) is 36.9 Å². The summed E-state index contributed by atoms with van der Waals surface area (Å²) in [7, 11) is -9.90. The van der Waals surface area contributed by atoms with Crippen molar-refractivity contribution in [3.63, 3.8) is 0 Å². The van der Waals surface area contributed by atoms with Crippen LogP contribution in [0.4, 0.5) is 20.5 Å². The van der Waals surface area contributed by atoms with Gasteiger partial charge in [0.25, 0.3) is 5.56 Å². The molecule has 21 nitrogen and oxygen atoms in total. The maximum atomic E-state index is 15.9. The Balaban J connectivity index is 1.16. The topological polar surface area (TPSA) is 289 Å². The monoisotopic (exact) mass is 692 g/mol. The van der Waals surface area contributed by atoms with Gasteiger partial charge < -0.3 is 40.0 Å². The number of nitrogen functional groups attached to an aromatic ring is 2. The molecule has 0 spiro atoms. The first-order chi connectivity index (χ1) is 21.8. The number of aromatic nitrogens is 8. The summed E-state index contributed by atoms with van der Waals surface area (Å²) in [6.45, 7) is -1.72. The number of hydrogen-bond acceptors (Lipinski definition) is 16. The fraction of sp³-hybridized carbons (Fsp3) is 0.524. The van der Waals surface area contributed by atoms with Crippen LogP contribution in [0.25, 0.3) is 22.3 Å². The highest BCUT2D eigenvalue weighted by Gasteiger charge is 2.53. The van der Waals surface area contributed by atoms with Crippen molar-refractivity contribution in [3.05, 3.63) is 29.3 Å². The second-order valence-corrected chi connectivity index (χ2v) is 13.6. The van der Waals surface area contributed by atoms with E-state index in [2.05, 4.69) is 29.9 Å². The molecule has 0 bridgehead atoms. The minimum absolute atomic E-state index is 0.00825. The smallest absolute Gasteiger partial charge is 0.382 e. The summed E-state index contributed by atoms with van der Waals surface area (Å²) in [4.78, 5) is 55.2. The van der Waals surface area contributed by atoms with Crippen molar-refractivity contribution >= 4 is 49.5 Å². The number of phosphoric ester groups is 1. The maximum Gasteiger partial charge on any atom is 0.472 e. The molecule has 25 heteroatoms. The van der Waals surface area contributed by atoms with E-state index >= 15 is 8.78 Å². The number of halogens is 2. The first kappa shape index (κ1) is 31.1. The fourth-order valence-electron chi connectivity index (χ4n) is 5.37. The molecular formula is C21H24F2N10O11P2. The van der Waals surface area contributed by atoms with E-state index in [1.54, 1.807) is 0 Å². The van der Waals surface area contributed by atoms with Crippen molar-refractivity contribution in [2.75, 3.05) is 31.0 Å². The molecule has 0 aliphatic carbocycles. The molecule has 0 aromatic carbocycles. The first-order valence-electron chi connectivity index (χ1n) is 13.3. The van der Waals surface area contributed by atoms with Crippen LogP contribution in [-0.4, -0.2) is 105 Å². The molecule has 0 radical (unpaired) electrons. The van der Waals surface area contributed by atoms with Gasteiger partial charge in [0, 0.05) is 0 Å². The van der Waals surface area contributed by atoms with Crippen molar-refractivity contribution in [2.24, 2.45) is 0 Å². The van der Waals surface area contributed by atoms with Crippen molar-refractivity contribution in [1.82, 2.24) is 39.0 Å². The highest BCUT2D eigenvalue weighted by Crippen LogP contribution is 2.52. The van der Waals surface area contributed by atoms with Gasteiger partial charge in [-0.25, -0.2) is 33.3 Å². The van der Waals surface area contributed by atoms with Crippen LogP contribution in [0.2, 0.25) is 0 Å². The summed E-state index contributed by atoms with van der Waals surface area (Å²) in [5.74, 6) is -0.304. The Labute approximate surface area is 253 Å². The van der Waals surface area contributed by atoms with Crippen molar-refractivity contribution < 1.29 is 55.5 Å². The molecule has 4 unspecified atom stereocenters. The average Bonchev–Trinajstić information content (AvgIpc) is 3.75. The van der Waals surface area contributed by atoms with Gasteiger partial charge in [0.15, 0.2) is 47.4 Å². The number of rotatable bonds is 2. The summed E-state index contributed by atoms with van der Waals surface area (Å²) in [5.41, 5.74) is 10.5. The van der Waals surface area contributed by atoms with Crippen LogP contribution in [0.5, 0.6) is 0 Å². The summed E-state index contributed by atoms with van der Waals surface area (Å²) in [6.07, 6.45) is -11.9. The van der Waals surface area contributed by atoms with Gasteiger partial charge in [0.2, 0.25) is 5.95 Å². The van der Waals surface area contributed by atoms with Crippen LogP contribution >= 0.6 is 15.4 Å². The number of nitrogens with two attached hydrogens (primary N) is 2. The SMILES string of the molecule is Nc1nc2c(ncn2[C@@H]2O[C@@H]3COP(=O)(O)COC4[C@@H](COP(=O)(O)OC3[C@@H]2F)O[C@@H](n2cnc3c(N)ncnc32)[C@H]4F)c(=O)[nH]1. The number of alkyl halides is 2. The Hall–Kier alpha value is -3.50. The molecule has 248 valence electrons. The number of imidazole rings is 2. The zero-order valence-electron chi connectivity index (χ0n) is 23.0. The molecule has 3 saturated heterocycles. The lowest BCUT2D eigenvalue weighted by molar-refractivity contribution is -0.0580. The molecule has 10 atom stereocenters. The summed E-state index contributed by atoms with van der Waals surface area (Å²) in [5, 5.41) is 0. The Bertz CT molecular complexity index is 1960. The van der Waals surface area contributed by atoms with Crippen LogP contribution in [0.3, 0.4) is 0 Å². The molecule has 4 aromatic heterocycles. The average molecular weight is 692 g/mol. The van der Waals surface area contributed by atoms with Crippen molar-refractivity contribution in [2.45, 2.75) is 49.2 Å². The third-order valence-electron chi connectivity index (χ3n) is 7.45. The van der Waals surface area contributed by atoms with Gasteiger partial charge in [-0.15, -0.1) is 0 Å². The number of hydrogen-bond donors (Lipinski definition) is 5. The van der Waals surface area contributed by atoms with Gasteiger partial charge in [-0.3, -0.25) is 32.5 Å². The van der Waals surface area contributed by atoms with E-state index in [1.165, 1.54) is 10.9 Å². The summed E-state index contributed by atoms with van der Waals surface area (Å²) < 4.78 is 92.1. The zero-order chi connectivity index (χ0) is 32.5. The van der Waals surface area contributed by atoms with E-state index in [0.29, 0.717) is 0 Å². The van der Waals surface area contributed by atoms with Gasteiger partial charge in [-0.05, 0) is 0 Å². The van der Waals surface area contributed by atoms with E-state index < -0.39 is 89.8 Å². The highest BCUT2D eigenvalue weighted by molar-refractivity contribution is 7.52. The predicted molar refractivity (Wildman–Crippen MR) is 146 cm³/mol.